The Morgan fingerprint density at radius 1 is 1.07 bits per heavy atom. The largest absolute Gasteiger partial charge is 0.496 e. The fourth-order valence-corrected chi connectivity index (χ4v) is 4.05. The predicted molar refractivity (Wildman–Crippen MR) is 107 cm³/mol. The van der Waals surface area contributed by atoms with Gasteiger partial charge in [0.25, 0.3) is 0 Å². The van der Waals surface area contributed by atoms with Crippen molar-refractivity contribution in [1.29, 1.82) is 0 Å². The highest BCUT2D eigenvalue weighted by atomic mass is 16.5. The first-order valence-corrected chi connectivity index (χ1v) is 9.26. The molecule has 4 rings (SSSR count). The zero-order chi connectivity index (χ0) is 19.1. The Hall–Kier alpha value is -2.50. The summed E-state index contributed by atoms with van der Waals surface area (Å²) in [5.41, 5.74) is 5.74. The summed E-state index contributed by atoms with van der Waals surface area (Å²) in [7, 11) is 3.71. The molecule has 140 valence electrons. The van der Waals surface area contributed by atoms with Gasteiger partial charge in [-0.2, -0.15) is 0 Å². The molecule has 2 unspecified atom stereocenters. The van der Waals surface area contributed by atoms with Crippen LogP contribution in [0.15, 0.2) is 36.4 Å². The van der Waals surface area contributed by atoms with Gasteiger partial charge in [-0.3, -0.25) is 0 Å². The fourth-order valence-electron chi connectivity index (χ4n) is 4.05. The van der Waals surface area contributed by atoms with E-state index in [1.54, 1.807) is 7.11 Å². The standard InChI is InChI=1S/C22H25N3O2/c1-13-9-14(2)21(20(10-13)27-4)18-8-6-15-5-7-17(23-22(15)24-18)16-11-25(3)12-19(16)26/h5-10,16,19,26H,11-12H2,1-4H3. The lowest BCUT2D eigenvalue weighted by Gasteiger charge is -2.15. The summed E-state index contributed by atoms with van der Waals surface area (Å²) in [6.07, 6.45) is -0.387. The van der Waals surface area contributed by atoms with Gasteiger partial charge in [0.2, 0.25) is 0 Å². The number of benzene rings is 1. The van der Waals surface area contributed by atoms with Crippen LogP contribution in [-0.4, -0.2) is 53.3 Å². The van der Waals surface area contributed by atoms with Crippen molar-refractivity contribution < 1.29 is 9.84 Å². The number of aryl methyl sites for hydroxylation is 2. The number of β-amino-alcohol motifs (C(OH)–C–C–N with tert-alkyl or cyclic N) is 1. The summed E-state index contributed by atoms with van der Waals surface area (Å²) < 4.78 is 5.61. The Balaban J connectivity index is 1.81. The van der Waals surface area contributed by atoms with Crippen LogP contribution in [0.2, 0.25) is 0 Å². The van der Waals surface area contributed by atoms with E-state index in [0.29, 0.717) is 12.2 Å². The van der Waals surface area contributed by atoms with Crippen molar-refractivity contribution in [2.75, 3.05) is 27.2 Å². The molecule has 0 spiro atoms. The van der Waals surface area contributed by atoms with Crippen LogP contribution in [0.4, 0.5) is 0 Å². The molecule has 1 saturated heterocycles. The molecule has 0 amide bonds. The Morgan fingerprint density at radius 2 is 1.85 bits per heavy atom. The third-order valence-electron chi connectivity index (χ3n) is 5.35. The molecule has 3 aromatic rings. The predicted octanol–water partition coefficient (Wildman–Crippen LogP) is 3.31. The summed E-state index contributed by atoms with van der Waals surface area (Å²) in [4.78, 5) is 11.8. The molecule has 0 saturated carbocycles. The highest BCUT2D eigenvalue weighted by Gasteiger charge is 2.31. The van der Waals surface area contributed by atoms with Crippen molar-refractivity contribution in [1.82, 2.24) is 14.9 Å². The zero-order valence-electron chi connectivity index (χ0n) is 16.2. The van der Waals surface area contributed by atoms with E-state index in [-0.39, 0.29) is 12.0 Å². The van der Waals surface area contributed by atoms with Gasteiger partial charge in [0, 0.05) is 35.7 Å². The van der Waals surface area contributed by atoms with Crippen molar-refractivity contribution >= 4 is 11.0 Å². The molecule has 5 nitrogen and oxygen atoms in total. The molecule has 0 bridgehead atoms. The molecule has 5 heteroatoms. The number of aromatic nitrogens is 2. The average Bonchev–Trinajstić information content (AvgIpc) is 2.98. The number of likely N-dealkylation sites (N-methyl/N-ethyl adjacent to an activating group) is 1. The SMILES string of the molecule is COc1cc(C)cc(C)c1-c1ccc2ccc(C3CN(C)CC3O)nc2n1. The fraction of sp³-hybridized carbons (Fsp3) is 0.364. The number of hydrogen-bond acceptors (Lipinski definition) is 5. The van der Waals surface area contributed by atoms with Gasteiger partial charge >= 0.3 is 0 Å². The number of nitrogens with zero attached hydrogens (tertiary/aromatic N) is 3. The second-order valence-electron chi connectivity index (χ2n) is 7.53. The molecular formula is C22H25N3O2. The third kappa shape index (κ3) is 3.29. The molecule has 1 aromatic carbocycles. The third-order valence-corrected chi connectivity index (χ3v) is 5.35. The van der Waals surface area contributed by atoms with Crippen LogP contribution in [0.3, 0.4) is 0 Å². The second kappa shape index (κ2) is 6.91. The summed E-state index contributed by atoms with van der Waals surface area (Å²) in [5, 5.41) is 11.3. The minimum absolute atomic E-state index is 0.0282. The normalized spacial score (nSPS) is 20.3. The maximum Gasteiger partial charge on any atom is 0.160 e. The quantitative estimate of drug-likeness (QED) is 0.774. The van der Waals surface area contributed by atoms with E-state index in [4.69, 9.17) is 14.7 Å². The Morgan fingerprint density at radius 3 is 2.56 bits per heavy atom. The van der Waals surface area contributed by atoms with Crippen molar-refractivity contribution in [3.8, 4) is 17.0 Å². The van der Waals surface area contributed by atoms with Crippen molar-refractivity contribution in [2.45, 2.75) is 25.9 Å². The lowest BCUT2D eigenvalue weighted by atomic mass is 9.99. The van der Waals surface area contributed by atoms with E-state index in [2.05, 4.69) is 24.8 Å². The van der Waals surface area contributed by atoms with E-state index in [0.717, 1.165) is 45.8 Å². The van der Waals surface area contributed by atoms with Crippen LogP contribution in [-0.2, 0) is 0 Å². The number of ether oxygens (including phenoxy) is 1. The number of pyridine rings is 2. The highest BCUT2D eigenvalue weighted by molar-refractivity contribution is 5.81. The molecule has 1 fully saturated rings. The van der Waals surface area contributed by atoms with Gasteiger partial charge in [-0.1, -0.05) is 6.07 Å². The number of rotatable bonds is 3. The van der Waals surface area contributed by atoms with Gasteiger partial charge in [-0.15, -0.1) is 0 Å². The highest BCUT2D eigenvalue weighted by Crippen LogP contribution is 2.34. The van der Waals surface area contributed by atoms with Crippen LogP contribution in [0.1, 0.15) is 22.7 Å². The molecule has 1 aliphatic rings. The van der Waals surface area contributed by atoms with E-state index in [1.165, 1.54) is 0 Å². The van der Waals surface area contributed by atoms with E-state index >= 15 is 0 Å². The summed E-state index contributed by atoms with van der Waals surface area (Å²) in [6, 6.07) is 12.3. The van der Waals surface area contributed by atoms with Crippen molar-refractivity contribution in [3.05, 3.63) is 53.2 Å². The first-order chi connectivity index (χ1) is 13.0. The summed E-state index contributed by atoms with van der Waals surface area (Å²) in [6.45, 7) is 5.62. The maximum atomic E-state index is 10.3. The van der Waals surface area contributed by atoms with Gasteiger partial charge in [0.15, 0.2) is 5.65 Å². The van der Waals surface area contributed by atoms with E-state index in [1.807, 2.05) is 37.4 Å². The molecule has 0 aliphatic carbocycles. The van der Waals surface area contributed by atoms with Crippen LogP contribution < -0.4 is 4.74 Å². The van der Waals surface area contributed by atoms with Gasteiger partial charge in [0.1, 0.15) is 5.75 Å². The Kier molecular flexibility index (Phi) is 4.58. The van der Waals surface area contributed by atoms with Gasteiger partial charge in [0.05, 0.1) is 18.9 Å². The smallest absolute Gasteiger partial charge is 0.160 e. The van der Waals surface area contributed by atoms with Gasteiger partial charge in [-0.05, 0) is 62.4 Å². The summed E-state index contributed by atoms with van der Waals surface area (Å²) >= 11 is 0. The zero-order valence-corrected chi connectivity index (χ0v) is 16.2. The summed E-state index contributed by atoms with van der Waals surface area (Å²) in [5.74, 6) is 0.851. The lowest BCUT2D eigenvalue weighted by Crippen LogP contribution is -2.17. The molecule has 2 aromatic heterocycles. The molecule has 1 N–H and O–H groups in total. The topological polar surface area (TPSA) is 58.5 Å². The van der Waals surface area contributed by atoms with Crippen molar-refractivity contribution in [2.24, 2.45) is 0 Å². The second-order valence-corrected chi connectivity index (χ2v) is 7.53. The number of aliphatic hydroxyl groups excluding tert-OH is 1. The monoisotopic (exact) mass is 363 g/mol. The van der Waals surface area contributed by atoms with E-state index in [9.17, 15) is 5.11 Å². The molecule has 2 atom stereocenters. The van der Waals surface area contributed by atoms with E-state index < -0.39 is 0 Å². The van der Waals surface area contributed by atoms with Gasteiger partial charge < -0.3 is 14.7 Å². The van der Waals surface area contributed by atoms with Crippen LogP contribution in [0.5, 0.6) is 5.75 Å². The minimum atomic E-state index is -0.387. The first-order valence-electron chi connectivity index (χ1n) is 9.26. The number of methoxy groups -OCH3 is 1. The first kappa shape index (κ1) is 17.9. The van der Waals surface area contributed by atoms with Crippen LogP contribution in [0, 0.1) is 13.8 Å². The minimum Gasteiger partial charge on any atom is -0.496 e. The van der Waals surface area contributed by atoms with Crippen LogP contribution >= 0.6 is 0 Å². The molecular weight excluding hydrogens is 338 g/mol. The number of hydrogen-bond donors (Lipinski definition) is 1. The molecule has 3 heterocycles. The Bertz CT molecular complexity index is 1000. The molecule has 27 heavy (non-hydrogen) atoms. The lowest BCUT2D eigenvalue weighted by molar-refractivity contribution is 0.167. The van der Waals surface area contributed by atoms with Crippen molar-refractivity contribution in [3.63, 3.8) is 0 Å². The number of fused-ring (bicyclic) bond motifs is 1. The van der Waals surface area contributed by atoms with Gasteiger partial charge in [-0.25, -0.2) is 9.97 Å². The number of aliphatic hydroxyl groups is 1. The average molecular weight is 363 g/mol. The van der Waals surface area contributed by atoms with Crippen LogP contribution in [0.25, 0.3) is 22.3 Å². The molecule has 1 aliphatic heterocycles. The Labute approximate surface area is 159 Å². The maximum absolute atomic E-state index is 10.3. The molecule has 0 radical (unpaired) electrons. The number of likely N-dealkylation sites (tertiary alicyclic amines) is 1.